The smallest absolute Gasteiger partial charge is 0.189 e. The van der Waals surface area contributed by atoms with E-state index in [0.717, 1.165) is 19.4 Å². The second-order valence-corrected chi connectivity index (χ2v) is 2.99. The minimum absolute atomic E-state index is 0.137. The minimum atomic E-state index is -1.09. The van der Waals surface area contributed by atoms with Crippen molar-refractivity contribution >= 4 is 0 Å². The highest BCUT2D eigenvalue weighted by atomic mass is 16.7. The lowest BCUT2D eigenvalue weighted by molar-refractivity contribution is -0.243. The first-order chi connectivity index (χ1) is 5.17. The Morgan fingerprint density at radius 3 is 2.91 bits per heavy atom. The Bertz CT molecular complexity index is 117. The fourth-order valence-corrected chi connectivity index (χ4v) is 1.39. The monoisotopic (exact) mass is 160 g/mol. The lowest BCUT2D eigenvalue weighted by atomic mass is 10.1. The maximum Gasteiger partial charge on any atom is 0.189 e. The van der Waals surface area contributed by atoms with E-state index in [2.05, 4.69) is 0 Å². The first kappa shape index (κ1) is 8.97. The normalized spacial score (nSPS) is 30.3. The van der Waals surface area contributed by atoms with Crippen LogP contribution in [-0.4, -0.2) is 30.2 Å². The van der Waals surface area contributed by atoms with Gasteiger partial charge in [-0.15, -0.1) is 0 Å². The zero-order valence-corrected chi connectivity index (χ0v) is 7.17. The average molecular weight is 160 g/mol. The molecule has 0 aromatic carbocycles. The van der Waals surface area contributed by atoms with E-state index in [1.807, 2.05) is 6.92 Å². The summed E-state index contributed by atoms with van der Waals surface area (Å²) in [5.41, 5.74) is 0. The Balaban J connectivity index is 2.41. The van der Waals surface area contributed by atoms with Crippen LogP contribution in [0, 0.1) is 0 Å². The Morgan fingerprint density at radius 1 is 1.73 bits per heavy atom. The topological polar surface area (TPSA) is 38.7 Å². The van der Waals surface area contributed by atoms with Gasteiger partial charge in [0.2, 0.25) is 0 Å². The van der Waals surface area contributed by atoms with Gasteiger partial charge in [0.05, 0.1) is 0 Å². The summed E-state index contributed by atoms with van der Waals surface area (Å²) in [5.74, 6) is -1.09. The molecule has 1 saturated heterocycles. The van der Waals surface area contributed by atoms with Gasteiger partial charge in [0.1, 0.15) is 6.10 Å². The van der Waals surface area contributed by atoms with Gasteiger partial charge in [-0.05, 0) is 26.7 Å². The van der Waals surface area contributed by atoms with E-state index in [-0.39, 0.29) is 6.10 Å². The van der Waals surface area contributed by atoms with E-state index in [0.29, 0.717) is 6.61 Å². The third-order valence-electron chi connectivity index (χ3n) is 1.96. The second kappa shape index (κ2) is 3.52. The van der Waals surface area contributed by atoms with Crippen molar-refractivity contribution < 1.29 is 14.6 Å². The molecule has 0 bridgehead atoms. The highest BCUT2D eigenvalue weighted by molar-refractivity contribution is 4.77. The minimum Gasteiger partial charge on any atom is -0.373 e. The lowest BCUT2D eigenvalue weighted by Crippen LogP contribution is -2.41. The highest BCUT2D eigenvalue weighted by Crippen LogP contribution is 2.24. The summed E-state index contributed by atoms with van der Waals surface area (Å²) in [6.45, 7) is 4.79. The molecule has 1 fully saturated rings. The average Bonchev–Trinajstić information content (AvgIpc) is 2.37. The van der Waals surface area contributed by atoms with E-state index in [1.54, 1.807) is 6.92 Å². The van der Waals surface area contributed by atoms with E-state index in [9.17, 15) is 5.11 Å². The number of ether oxygens (including phenoxy) is 2. The van der Waals surface area contributed by atoms with Crippen molar-refractivity contribution in [3.63, 3.8) is 0 Å². The van der Waals surface area contributed by atoms with Gasteiger partial charge in [0.25, 0.3) is 0 Å². The van der Waals surface area contributed by atoms with Crippen molar-refractivity contribution in [2.45, 2.75) is 38.6 Å². The van der Waals surface area contributed by atoms with Gasteiger partial charge in [0.15, 0.2) is 5.79 Å². The van der Waals surface area contributed by atoms with E-state index in [4.69, 9.17) is 9.47 Å². The first-order valence-electron chi connectivity index (χ1n) is 4.14. The van der Waals surface area contributed by atoms with Crippen LogP contribution in [0.25, 0.3) is 0 Å². The molecule has 1 rings (SSSR count). The maximum atomic E-state index is 9.67. The summed E-state index contributed by atoms with van der Waals surface area (Å²) < 4.78 is 10.4. The molecule has 0 aromatic heterocycles. The zero-order valence-electron chi connectivity index (χ0n) is 7.17. The number of hydrogen-bond acceptors (Lipinski definition) is 3. The third-order valence-corrected chi connectivity index (χ3v) is 1.96. The Hall–Kier alpha value is -0.120. The number of rotatable bonds is 3. The molecule has 3 nitrogen and oxygen atoms in total. The van der Waals surface area contributed by atoms with Crippen LogP contribution in [0.1, 0.15) is 26.7 Å². The molecule has 0 aromatic rings. The summed E-state index contributed by atoms with van der Waals surface area (Å²) >= 11 is 0. The van der Waals surface area contributed by atoms with Gasteiger partial charge in [-0.25, -0.2) is 0 Å². The summed E-state index contributed by atoms with van der Waals surface area (Å²) in [6, 6.07) is 0. The van der Waals surface area contributed by atoms with Crippen LogP contribution < -0.4 is 0 Å². The van der Waals surface area contributed by atoms with Crippen molar-refractivity contribution in [1.29, 1.82) is 0 Å². The summed E-state index contributed by atoms with van der Waals surface area (Å²) in [7, 11) is 0. The molecule has 1 aliphatic heterocycles. The van der Waals surface area contributed by atoms with Gasteiger partial charge in [-0.3, -0.25) is 0 Å². The van der Waals surface area contributed by atoms with Crippen molar-refractivity contribution in [3.05, 3.63) is 0 Å². The maximum absolute atomic E-state index is 9.67. The van der Waals surface area contributed by atoms with E-state index in [1.165, 1.54) is 0 Å². The van der Waals surface area contributed by atoms with Gasteiger partial charge < -0.3 is 14.6 Å². The summed E-state index contributed by atoms with van der Waals surface area (Å²) in [4.78, 5) is 0. The number of hydrogen-bond donors (Lipinski definition) is 1. The molecular weight excluding hydrogens is 144 g/mol. The first-order valence-corrected chi connectivity index (χ1v) is 4.14. The van der Waals surface area contributed by atoms with E-state index < -0.39 is 5.79 Å². The molecule has 1 unspecified atom stereocenters. The molecule has 1 N–H and O–H groups in total. The quantitative estimate of drug-likeness (QED) is 0.624. The molecule has 0 aliphatic carbocycles. The predicted molar refractivity (Wildman–Crippen MR) is 41.2 cm³/mol. The van der Waals surface area contributed by atoms with Crippen molar-refractivity contribution in [1.82, 2.24) is 0 Å². The van der Waals surface area contributed by atoms with Crippen LogP contribution >= 0.6 is 0 Å². The summed E-state index contributed by atoms with van der Waals surface area (Å²) in [6.07, 6.45) is 1.78. The van der Waals surface area contributed by atoms with Crippen molar-refractivity contribution in [2.75, 3.05) is 13.2 Å². The van der Waals surface area contributed by atoms with Gasteiger partial charge in [0, 0.05) is 13.2 Å². The molecule has 1 aliphatic rings. The zero-order chi connectivity index (χ0) is 8.32. The molecule has 0 saturated carbocycles. The van der Waals surface area contributed by atoms with Gasteiger partial charge in [-0.2, -0.15) is 0 Å². The Kier molecular flexibility index (Phi) is 2.87. The molecule has 66 valence electrons. The number of aliphatic hydroxyl groups is 1. The van der Waals surface area contributed by atoms with Gasteiger partial charge in [-0.1, -0.05) is 0 Å². The Morgan fingerprint density at radius 2 is 2.45 bits per heavy atom. The molecule has 0 amide bonds. The fraction of sp³-hybridized carbons (Fsp3) is 1.00. The standard InChI is InChI=1S/C8H16O3/c1-3-11-8(2,9)7-5-4-6-10-7/h7,9H,3-6H2,1-2H3/t7-,8?/m1/s1. The lowest BCUT2D eigenvalue weighted by Gasteiger charge is -2.28. The second-order valence-electron chi connectivity index (χ2n) is 2.99. The van der Waals surface area contributed by atoms with Crippen LogP contribution in [0.5, 0.6) is 0 Å². The van der Waals surface area contributed by atoms with Crippen LogP contribution in [0.3, 0.4) is 0 Å². The molecule has 3 heteroatoms. The largest absolute Gasteiger partial charge is 0.373 e. The molecule has 0 spiro atoms. The van der Waals surface area contributed by atoms with Crippen LogP contribution in [0.4, 0.5) is 0 Å². The molecule has 0 radical (unpaired) electrons. The molecule has 11 heavy (non-hydrogen) atoms. The van der Waals surface area contributed by atoms with Crippen LogP contribution in [-0.2, 0) is 9.47 Å². The summed E-state index contributed by atoms with van der Waals surface area (Å²) in [5, 5.41) is 9.67. The molecule has 1 heterocycles. The molecular formula is C8H16O3. The fourth-order valence-electron chi connectivity index (χ4n) is 1.39. The third kappa shape index (κ3) is 2.15. The van der Waals surface area contributed by atoms with E-state index >= 15 is 0 Å². The highest BCUT2D eigenvalue weighted by Gasteiger charge is 2.35. The Labute approximate surface area is 67.3 Å². The van der Waals surface area contributed by atoms with Gasteiger partial charge >= 0.3 is 0 Å². The predicted octanol–water partition coefficient (Wildman–Crippen LogP) is 0.910. The SMILES string of the molecule is CCOC(C)(O)[C@H]1CCCO1. The van der Waals surface area contributed by atoms with Crippen LogP contribution in [0.2, 0.25) is 0 Å². The van der Waals surface area contributed by atoms with Crippen LogP contribution in [0.15, 0.2) is 0 Å². The van der Waals surface area contributed by atoms with Crippen molar-refractivity contribution in [2.24, 2.45) is 0 Å². The van der Waals surface area contributed by atoms with Crippen molar-refractivity contribution in [3.8, 4) is 0 Å². The molecule has 2 atom stereocenters.